The number of halogens is 6. The van der Waals surface area contributed by atoms with Crippen molar-refractivity contribution in [3.05, 3.63) is 96.3 Å². The number of benzene rings is 2. The van der Waals surface area contributed by atoms with Gasteiger partial charge in [0.2, 0.25) is 0 Å². The van der Waals surface area contributed by atoms with Crippen LogP contribution in [-0.4, -0.2) is 30.3 Å². The molecule has 4 rings (SSSR count). The van der Waals surface area contributed by atoms with Crippen LogP contribution in [0.3, 0.4) is 0 Å². The summed E-state index contributed by atoms with van der Waals surface area (Å²) in [5, 5.41) is 0. The number of sulfone groups is 1. The van der Waals surface area contributed by atoms with Crippen molar-refractivity contribution in [2.75, 3.05) is 0 Å². The molecule has 2 heterocycles. The van der Waals surface area contributed by atoms with Gasteiger partial charge in [-0.3, -0.25) is 9.97 Å². The van der Waals surface area contributed by atoms with E-state index in [0.717, 1.165) is 12.1 Å². The number of rotatable bonds is 8. The van der Waals surface area contributed by atoms with E-state index in [-0.39, 0.29) is 11.3 Å². The Kier molecular flexibility index (Phi) is 8.50. The maximum Gasteiger partial charge on any atom is 0.550 e. The molecule has 0 N–H and O–H groups in total. The van der Waals surface area contributed by atoms with Crippen LogP contribution in [0.5, 0.6) is 0 Å². The van der Waals surface area contributed by atoms with E-state index < -0.39 is 32.0 Å². The fourth-order valence-corrected chi connectivity index (χ4v) is 5.08. The summed E-state index contributed by atoms with van der Waals surface area (Å²) in [6, 6.07) is 21.0. The first-order valence-corrected chi connectivity index (χ1v) is 13.9. The Hall–Kier alpha value is -3.46. The zero-order valence-electron chi connectivity index (χ0n) is 21.2. The van der Waals surface area contributed by atoms with Crippen molar-refractivity contribution in [1.82, 2.24) is 9.97 Å². The summed E-state index contributed by atoms with van der Waals surface area (Å²) in [7, 11) is -5.54. The summed E-state index contributed by atoms with van der Waals surface area (Å²) >= 11 is 0.386. The number of nitrogens with zero attached hydrogens (tertiary/aromatic N) is 2. The monoisotopic (exact) mass is 614 g/mol. The van der Waals surface area contributed by atoms with Gasteiger partial charge in [-0.15, -0.1) is 18.1 Å². The zero-order chi connectivity index (χ0) is 30.1. The zero-order valence-corrected chi connectivity index (χ0v) is 22.8. The van der Waals surface area contributed by atoms with Crippen LogP contribution in [-0.2, 0) is 24.5 Å². The SMILES string of the molecule is CC(C)(c1cccc(-c2cccc(SOOC(F)(F)F)c2)n1)c1cccc(-c2cccc(S(=O)(=O)C(F)(F)F)c2)n1. The van der Waals surface area contributed by atoms with Crippen LogP contribution >= 0.6 is 12.0 Å². The summed E-state index contributed by atoms with van der Waals surface area (Å²) in [5.41, 5.74) is -3.64. The van der Waals surface area contributed by atoms with Gasteiger partial charge >= 0.3 is 11.9 Å². The highest BCUT2D eigenvalue weighted by atomic mass is 32.2. The molecule has 2 aromatic heterocycles. The minimum atomic E-state index is -5.54. The first kappa shape index (κ1) is 30.5. The summed E-state index contributed by atoms with van der Waals surface area (Å²) in [5.74, 6) is 0. The molecule has 0 radical (unpaired) electrons. The Morgan fingerprint density at radius 2 is 1.22 bits per heavy atom. The van der Waals surface area contributed by atoms with Crippen molar-refractivity contribution in [2.45, 2.75) is 40.9 Å². The van der Waals surface area contributed by atoms with Crippen LogP contribution in [0.25, 0.3) is 22.5 Å². The van der Waals surface area contributed by atoms with Gasteiger partial charge in [0.15, 0.2) is 0 Å². The number of aromatic nitrogens is 2. The van der Waals surface area contributed by atoms with E-state index >= 15 is 0 Å². The van der Waals surface area contributed by atoms with E-state index in [2.05, 4.69) is 14.2 Å². The first-order valence-electron chi connectivity index (χ1n) is 11.6. The molecular formula is C27H20F6N2O4S2. The van der Waals surface area contributed by atoms with E-state index in [1.807, 2.05) is 13.8 Å². The highest BCUT2D eigenvalue weighted by molar-refractivity contribution is 7.94. The average Bonchev–Trinajstić information content (AvgIpc) is 2.92. The van der Waals surface area contributed by atoms with Gasteiger partial charge in [-0.2, -0.15) is 17.5 Å². The molecule has 0 atom stereocenters. The van der Waals surface area contributed by atoms with Gasteiger partial charge in [-0.05, 0) is 62.4 Å². The Morgan fingerprint density at radius 1 is 0.707 bits per heavy atom. The third kappa shape index (κ3) is 7.07. The second kappa shape index (κ2) is 11.4. The molecule has 0 aliphatic rings. The lowest BCUT2D eigenvalue weighted by Gasteiger charge is -2.25. The highest BCUT2D eigenvalue weighted by Crippen LogP contribution is 2.35. The standard InChI is InChI=1S/C27H20F6N2O4S2/c1-25(2,23-13-5-11-21(34-23)17-7-3-9-19(15-17)40-39-38-26(28,29)30)24-14-6-12-22(35-24)18-8-4-10-20(16-18)41(36,37)27(31,32)33/h3-16H,1-2H3. The predicted octanol–water partition coefficient (Wildman–Crippen LogP) is 7.91. The number of pyridine rings is 2. The normalized spacial score (nSPS) is 12.9. The van der Waals surface area contributed by atoms with E-state index in [1.54, 1.807) is 54.6 Å². The fraction of sp³-hybridized carbons (Fsp3) is 0.185. The maximum atomic E-state index is 13.1. The number of hydrogen-bond acceptors (Lipinski definition) is 7. The van der Waals surface area contributed by atoms with Gasteiger partial charge in [0, 0.05) is 21.4 Å². The topological polar surface area (TPSA) is 78.4 Å². The molecule has 0 aliphatic carbocycles. The largest absolute Gasteiger partial charge is 0.550 e. The molecule has 0 amide bonds. The molecule has 0 saturated carbocycles. The minimum Gasteiger partial charge on any atom is -0.252 e. The van der Waals surface area contributed by atoms with E-state index in [4.69, 9.17) is 4.98 Å². The van der Waals surface area contributed by atoms with Crippen molar-refractivity contribution >= 4 is 21.9 Å². The van der Waals surface area contributed by atoms with E-state index in [1.165, 1.54) is 18.2 Å². The molecule has 6 nitrogen and oxygen atoms in total. The van der Waals surface area contributed by atoms with Gasteiger partial charge in [-0.25, -0.2) is 8.42 Å². The lowest BCUT2D eigenvalue weighted by Crippen LogP contribution is -2.23. The Labute approximate surface area is 235 Å². The van der Waals surface area contributed by atoms with Crippen LogP contribution in [0.2, 0.25) is 0 Å². The van der Waals surface area contributed by atoms with Crippen LogP contribution < -0.4 is 0 Å². The summed E-state index contributed by atoms with van der Waals surface area (Å²) in [6.07, 6.45) is -4.94. The minimum absolute atomic E-state index is 0.181. The smallest absolute Gasteiger partial charge is 0.252 e. The molecule has 0 fully saturated rings. The summed E-state index contributed by atoms with van der Waals surface area (Å²) < 4.78 is 104. The number of hydrogen-bond donors (Lipinski definition) is 0. The molecule has 14 heteroatoms. The quantitative estimate of drug-likeness (QED) is 0.0864. The molecule has 4 aromatic rings. The van der Waals surface area contributed by atoms with Crippen molar-refractivity contribution < 1.29 is 44.0 Å². The third-order valence-corrected chi connectivity index (χ3v) is 7.98. The Morgan fingerprint density at radius 3 is 1.76 bits per heavy atom. The fourth-order valence-electron chi connectivity index (χ4n) is 3.78. The molecule has 0 bridgehead atoms. The molecule has 2 aromatic carbocycles. The molecule has 0 spiro atoms. The molecule has 0 aliphatic heterocycles. The summed E-state index contributed by atoms with van der Waals surface area (Å²) in [4.78, 5) is 12.1. The van der Waals surface area contributed by atoms with Crippen LogP contribution in [0.15, 0.2) is 94.7 Å². The highest BCUT2D eigenvalue weighted by Gasteiger charge is 2.47. The van der Waals surface area contributed by atoms with Crippen molar-refractivity contribution in [2.24, 2.45) is 0 Å². The van der Waals surface area contributed by atoms with E-state index in [0.29, 0.717) is 39.6 Å². The maximum absolute atomic E-state index is 13.1. The second-order valence-electron chi connectivity index (χ2n) is 9.13. The van der Waals surface area contributed by atoms with Gasteiger partial charge in [0.1, 0.15) is 0 Å². The van der Waals surface area contributed by atoms with Crippen molar-refractivity contribution in [3.8, 4) is 22.5 Å². The average molecular weight is 615 g/mol. The predicted molar refractivity (Wildman–Crippen MR) is 139 cm³/mol. The molecular weight excluding hydrogens is 594 g/mol. The number of alkyl halides is 6. The van der Waals surface area contributed by atoms with Crippen molar-refractivity contribution in [3.63, 3.8) is 0 Å². The van der Waals surface area contributed by atoms with Crippen LogP contribution in [0, 0.1) is 0 Å². The molecule has 216 valence electrons. The lowest BCUT2D eigenvalue weighted by molar-refractivity contribution is -0.440. The molecule has 41 heavy (non-hydrogen) atoms. The van der Waals surface area contributed by atoms with Crippen LogP contribution in [0.1, 0.15) is 25.2 Å². The Balaban J connectivity index is 1.63. The molecule has 0 unspecified atom stereocenters. The molecule has 0 saturated heterocycles. The third-order valence-electron chi connectivity index (χ3n) is 5.91. The van der Waals surface area contributed by atoms with Gasteiger partial charge in [0.05, 0.1) is 39.7 Å². The summed E-state index contributed by atoms with van der Waals surface area (Å²) in [6.45, 7) is 3.68. The van der Waals surface area contributed by atoms with Gasteiger partial charge in [0.25, 0.3) is 9.84 Å². The van der Waals surface area contributed by atoms with Crippen molar-refractivity contribution in [1.29, 1.82) is 0 Å². The van der Waals surface area contributed by atoms with Gasteiger partial charge in [-0.1, -0.05) is 36.4 Å². The van der Waals surface area contributed by atoms with E-state index in [9.17, 15) is 34.8 Å². The second-order valence-corrected chi connectivity index (χ2v) is 11.8. The first-order chi connectivity index (χ1) is 19.1. The lowest BCUT2D eigenvalue weighted by atomic mass is 9.84. The van der Waals surface area contributed by atoms with Gasteiger partial charge < -0.3 is 0 Å². The van der Waals surface area contributed by atoms with Crippen LogP contribution in [0.4, 0.5) is 26.3 Å². The Bertz CT molecular complexity index is 1660.